The van der Waals surface area contributed by atoms with E-state index in [1.165, 1.54) is 38.5 Å². The van der Waals surface area contributed by atoms with E-state index >= 15 is 0 Å². The first-order valence-electron chi connectivity index (χ1n) is 9.25. The van der Waals surface area contributed by atoms with Crippen LogP contribution in [0.3, 0.4) is 0 Å². The highest BCUT2D eigenvalue weighted by Crippen LogP contribution is 2.62. The van der Waals surface area contributed by atoms with E-state index < -0.39 is 6.10 Å². The fraction of sp³-hybridized carbons (Fsp3) is 0.900. The van der Waals surface area contributed by atoms with Crippen LogP contribution in [0.2, 0.25) is 0 Å². The molecule has 4 atom stereocenters. The molecule has 0 aliphatic heterocycles. The van der Waals surface area contributed by atoms with Gasteiger partial charge in [0.2, 0.25) is 0 Å². The third-order valence-electron chi connectivity index (χ3n) is 7.65. The third kappa shape index (κ3) is 2.38. The van der Waals surface area contributed by atoms with Gasteiger partial charge in [0.05, 0.1) is 12.7 Å². The number of hydrogen-bond donors (Lipinski definition) is 2. The molecular formula is C20H34O2. The molecule has 3 rings (SSSR count). The van der Waals surface area contributed by atoms with Crippen molar-refractivity contribution in [2.24, 2.45) is 22.2 Å². The van der Waals surface area contributed by atoms with Crippen LogP contribution in [0.1, 0.15) is 79.1 Å². The molecule has 3 aliphatic carbocycles. The third-order valence-corrected chi connectivity index (χ3v) is 7.65. The van der Waals surface area contributed by atoms with Gasteiger partial charge >= 0.3 is 0 Å². The SMILES string of the molecule is CC1(C)CCCC2=C1CC[C@H]1C[C@@](C)(C(O)CO)CC[C@]21C. The molecule has 22 heavy (non-hydrogen) atoms. The molecule has 0 amide bonds. The number of allylic oxidation sites excluding steroid dienone is 2. The van der Waals surface area contributed by atoms with Crippen LogP contribution in [0.5, 0.6) is 0 Å². The van der Waals surface area contributed by atoms with Gasteiger partial charge in [0.25, 0.3) is 0 Å². The molecule has 1 unspecified atom stereocenters. The number of aliphatic hydroxyl groups excluding tert-OH is 2. The molecular weight excluding hydrogens is 272 g/mol. The minimum Gasteiger partial charge on any atom is -0.394 e. The van der Waals surface area contributed by atoms with Gasteiger partial charge in [0, 0.05) is 0 Å². The molecule has 0 heterocycles. The van der Waals surface area contributed by atoms with Crippen molar-refractivity contribution >= 4 is 0 Å². The average molecular weight is 306 g/mol. The van der Waals surface area contributed by atoms with E-state index in [1.807, 2.05) is 0 Å². The normalized spacial score (nSPS) is 42.5. The first-order valence-corrected chi connectivity index (χ1v) is 9.25. The molecule has 2 heteroatoms. The van der Waals surface area contributed by atoms with Crippen LogP contribution in [0.15, 0.2) is 11.1 Å². The van der Waals surface area contributed by atoms with Crippen LogP contribution < -0.4 is 0 Å². The Morgan fingerprint density at radius 2 is 1.77 bits per heavy atom. The smallest absolute Gasteiger partial charge is 0.0824 e. The summed E-state index contributed by atoms with van der Waals surface area (Å²) < 4.78 is 0. The second-order valence-corrected chi connectivity index (χ2v) is 9.40. The fourth-order valence-corrected chi connectivity index (χ4v) is 5.84. The minimum absolute atomic E-state index is 0.0961. The standard InChI is InChI=1S/C20H34O2/c1-18(2)9-5-6-16-15(18)8-7-14-12-19(3,17(22)13-21)10-11-20(14,16)4/h14,17,21-22H,5-13H2,1-4H3/t14-,17?,19-,20-/m0/s1. The van der Waals surface area contributed by atoms with Crippen molar-refractivity contribution in [2.75, 3.05) is 6.61 Å². The van der Waals surface area contributed by atoms with Crippen LogP contribution in [0, 0.1) is 22.2 Å². The summed E-state index contributed by atoms with van der Waals surface area (Å²) in [5.41, 5.74) is 4.19. The molecule has 2 nitrogen and oxygen atoms in total. The summed E-state index contributed by atoms with van der Waals surface area (Å²) in [6.45, 7) is 9.46. The maximum absolute atomic E-state index is 10.3. The van der Waals surface area contributed by atoms with Gasteiger partial charge in [-0.25, -0.2) is 0 Å². The molecule has 0 aromatic rings. The fourth-order valence-electron chi connectivity index (χ4n) is 5.84. The Labute approximate surface area is 136 Å². The average Bonchev–Trinajstić information content (AvgIpc) is 2.47. The van der Waals surface area contributed by atoms with Crippen LogP contribution in [0.25, 0.3) is 0 Å². The first-order chi connectivity index (χ1) is 10.2. The molecule has 0 aromatic heterocycles. The van der Waals surface area contributed by atoms with Crippen molar-refractivity contribution < 1.29 is 10.2 Å². The quantitative estimate of drug-likeness (QED) is 0.740. The molecule has 3 aliphatic rings. The van der Waals surface area contributed by atoms with Gasteiger partial charge in [-0.3, -0.25) is 0 Å². The van der Waals surface area contributed by atoms with Gasteiger partial charge in [-0.1, -0.05) is 38.8 Å². The highest BCUT2D eigenvalue weighted by atomic mass is 16.3. The molecule has 0 aromatic carbocycles. The van der Waals surface area contributed by atoms with Gasteiger partial charge in [-0.15, -0.1) is 0 Å². The number of aliphatic hydroxyl groups is 2. The van der Waals surface area contributed by atoms with E-state index in [-0.39, 0.29) is 12.0 Å². The predicted octanol–water partition coefficient (Wildman–Crippen LogP) is 4.45. The van der Waals surface area contributed by atoms with Crippen molar-refractivity contribution in [3.8, 4) is 0 Å². The van der Waals surface area contributed by atoms with Crippen molar-refractivity contribution in [2.45, 2.75) is 85.2 Å². The first kappa shape index (κ1) is 16.5. The number of hydrogen-bond acceptors (Lipinski definition) is 2. The number of rotatable bonds is 2. The summed E-state index contributed by atoms with van der Waals surface area (Å²) >= 11 is 0. The summed E-state index contributed by atoms with van der Waals surface area (Å²) in [7, 11) is 0. The Morgan fingerprint density at radius 3 is 2.45 bits per heavy atom. The topological polar surface area (TPSA) is 40.5 Å². The molecule has 0 saturated heterocycles. The summed E-state index contributed by atoms with van der Waals surface area (Å²) in [4.78, 5) is 0. The Bertz CT molecular complexity index is 478. The van der Waals surface area contributed by atoms with Gasteiger partial charge in [-0.2, -0.15) is 0 Å². The van der Waals surface area contributed by atoms with E-state index in [9.17, 15) is 10.2 Å². The van der Waals surface area contributed by atoms with E-state index in [2.05, 4.69) is 27.7 Å². The Morgan fingerprint density at radius 1 is 1.05 bits per heavy atom. The summed E-state index contributed by atoms with van der Waals surface area (Å²) in [6.07, 6.45) is 9.24. The lowest BCUT2D eigenvalue weighted by molar-refractivity contribution is -0.0687. The maximum atomic E-state index is 10.3. The Kier molecular flexibility index (Phi) is 4.01. The zero-order valence-corrected chi connectivity index (χ0v) is 14.9. The van der Waals surface area contributed by atoms with Crippen LogP contribution in [-0.2, 0) is 0 Å². The molecule has 1 saturated carbocycles. The second kappa shape index (κ2) is 5.34. The largest absolute Gasteiger partial charge is 0.394 e. The molecule has 2 N–H and O–H groups in total. The highest BCUT2D eigenvalue weighted by molar-refractivity contribution is 5.33. The van der Waals surface area contributed by atoms with Crippen LogP contribution >= 0.6 is 0 Å². The van der Waals surface area contributed by atoms with Crippen molar-refractivity contribution in [1.29, 1.82) is 0 Å². The summed E-state index contributed by atoms with van der Waals surface area (Å²) in [5, 5.41) is 19.7. The Balaban J connectivity index is 1.92. The molecule has 126 valence electrons. The maximum Gasteiger partial charge on any atom is 0.0824 e. The van der Waals surface area contributed by atoms with Crippen molar-refractivity contribution in [3.05, 3.63) is 11.1 Å². The minimum atomic E-state index is -0.560. The van der Waals surface area contributed by atoms with Gasteiger partial charge in [0.1, 0.15) is 0 Å². The molecule has 0 radical (unpaired) electrons. The van der Waals surface area contributed by atoms with E-state index in [4.69, 9.17) is 0 Å². The van der Waals surface area contributed by atoms with Crippen molar-refractivity contribution in [1.82, 2.24) is 0 Å². The second-order valence-electron chi connectivity index (χ2n) is 9.40. The number of fused-ring (bicyclic) bond motifs is 2. The molecule has 1 fully saturated rings. The molecule has 0 spiro atoms. The van der Waals surface area contributed by atoms with Gasteiger partial charge in [-0.05, 0) is 73.5 Å². The van der Waals surface area contributed by atoms with E-state index in [0.29, 0.717) is 16.7 Å². The van der Waals surface area contributed by atoms with E-state index in [1.54, 1.807) is 11.1 Å². The van der Waals surface area contributed by atoms with Crippen LogP contribution in [0.4, 0.5) is 0 Å². The lowest BCUT2D eigenvalue weighted by Crippen LogP contribution is -2.48. The van der Waals surface area contributed by atoms with Gasteiger partial charge < -0.3 is 10.2 Å². The van der Waals surface area contributed by atoms with Crippen LogP contribution in [-0.4, -0.2) is 22.9 Å². The van der Waals surface area contributed by atoms with Crippen molar-refractivity contribution in [3.63, 3.8) is 0 Å². The van der Waals surface area contributed by atoms with E-state index in [0.717, 1.165) is 12.8 Å². The lowest BCUT2D eigenvalue weighted by atomic mass is 9.49. The predicted molar refractivity (Wildman–Crippen MR) is 90.5 cm³/mol. The Hall–Kier alpha value is -0.340. The zero-order chi connectivity index (χ0) is 16.2. The van der Waals surface area contributed by atoms with Gasteiger partial charge in [0.15, 0.2) is 0 Å². The lowest BCUT2D eigenvalue weighted by Gasteiger charge is -2.56. The summed E-state index contributed by atoms with van der Waals surface area (Å²) in [5.74, 6) is 0.681. The monoisotopic (exact) mass is 306 g/mol. The molecule has 0 bridgehead atoms. The summed E-state index contributed by atoms with van der Waals surface area (Å²) in [6, 6.07) is 0. The zero-order valence-electron chi connectivity index (χ0n) is 14.9. The highest BCUT2D eigenvalue weighted by Gasteiger charge is 2.52.